The van der Waals surface area contributed by atoms with Gasteiger partial charge in [0.1, 0.15) is 0 Å². The Bertz CT molecular complexity index is 219. The molecular formula is C12H19F3. The molecule has 0 amide bonds. The van der Waals surface area contributed by atoms with Gasteiger partial charge < -0.3 is 0 Å². The van der Waals surface area contributed by atoms with Crippen LogP contribution in [0.25, 0.3) is 0 Å². The number of hydrogen-bond donors (Lipinski definition) is 0. The molecule has 0 aliphatic heterocycles. The predicted molar refractivity (Wildman–Crippen MR) is 53.4 cm³/mol. The predicted octanol–water partition coefficient (Wildman–Crippen LogP) is 4.40. The zero-order valence-electron chi connectivity index (χ0n) is 9.19. The third-order valence-corrected chi connectivity index (χ3v) is 4.41. The van der Waals surface area contributed by atoms with Crippen molar-refractivity contribution in [1.82, 2.24) is 0 Å². The van der Waals surface area contributed by atoms with Gasteiger partial charge in [-0.2, -0.15) is 13.2 Å². The molecule has 2 aliphatic carbocycles. The molecule has 2 fully saturated rings. The summed E-state index contributed by atoms with van der Waals surface area (Å²) < 4.78 is 38.7. The van der Waals surface area contributed by atoms with E-state index in [2.05, 4.69) is 0 Å². The molecule has 2 aliphatic rings. The highest BCUT2D eigenvalue weighted by molar-refractivity contribution is 4.91. The minimum atomic E-state index is -3.96. The average Bonchev–Trinajstić information content (AvgIpc) is 2.16. The molecule has 0 heterocycles. The van der Waals surface area contributed by atoms with Crippen molar-refractivity contribution in [3.63, 3.8) is 0 Å². The summed E-state index contributed by atoms with van der Waals surface area (Å²) in [7, 11) is 0. The SMILES string of the molecule is CC1CCCC2CCCC(C(F)(F)F)C12. The quantitative estimate of drug-likeness (QED) is 0.567. The van der Waals surface area contributed by atoms with Crippen LogP contribution < -0.4 is 0 Å². The normalized spacial score (nSPS) is 42.4. The molecule has 0 saturated heterocycles. The first kappa shape index (κ1) is 11.3. The lowest BCUT2D eigenvalue weighted by Gasteiger charge is -2.45. The highest BCUT2D eigenvalue weighted by atomic mass is 19.4. The Kier molecular flexibility index (Phi) is 3.00. The lowest BCUT2D eigenvalue weighted by atomic mass is 9.61. The van der Waals surface area contributed by atoms with Crippen LogP contribution in [0.5, 0.6) is 0 Å². The molecule has 4 unspecified atom stereocenters. The summed E-state index contributed by atoms with van der Waals surface area (Å²) in [6, 6.07) is 0. The molecule has 0 bridgehead atoms. The topological polar surface area (TPSA) is 0 Å². The standard InChI is InChI=1S/C12H19F3/c1-8-4-2-5-9-6-3-7-10(11(8)9)12(13,14)15/h8-11H,2-7H2,1H3. The molecule has 88 valence electrons. The summed E-state index contributed by atoms with van der Waals surface area (Å²) in [4.78, 5) is 0. The molecule has 0 nitrogen and oxygen atoms in total. The first-order valence-electron chi connectivity index (χ1n) is 6.07. The largest absolute Gasteiger partial charge is 0.392 e. The molecule has 3 heteroatoms. The van der Waals surface area contributed by atoms with Crippen molar-refractivity contribution in [1.29, 1.82) is 0 Å². The van der Waals surface area contributed by atoms with E-state index >= 15 is 0 Å². The van der Waals surface area contributed by atoms with Gasteiger partial charge in [-0.3, -0.25) is 0 Å². The van der Waals surface area contributed by atoms with E-state index < -0.39 is 12.1 Å². The summed E-state index contributed by atoms with van der Waals surface area (Å²) in [6.45, 7) is 2.01. The van der Waals surface area contributed by atoms with Crippen molar-refractivity contribution >= 4 is 0 Å². The van der Waals surface area contributed by atoms with Crippen LogP contribution in [0.3, 0.4) is 0 Å². The molecule has 15 heavy (non-hydrogen) atoms. The van der Waals surface area contributed by atoms with Gasteiger partial charge >= 0.3 is 6.18 Å². The second-order valence-corrected chi connectivity index (χ2v) is 5.32. The van der Waals surface area contributed by atoms with Crippen LogP contribution in [0.4, 0.5) is 13.2 Å². The Morgan fingerprint density at radius 2 is 1.53 bits per heavy atom. The van der Waals surface area contributed by atoms with Crippen molar-refractivity contribution in [3.8, 4) is 0 Å². The fourth-order valence-corrected chi connectivity index (χ4v) is 3.79. The molecule has 0 aromatic heterocycles. The van der Waals surface area contributed by atoms with Gasteiger partial charge in [0, 0.05) is 0 Å². The van der Waals surface area contributed by atoms with Gasteiger partial charge in [0.05, 0.1) is 5.92 Å². The molecule has 4 atom stereocenters. The van der Waals surface area contributed by atoms with Crippen LogP contribution in [0.2, 0.25) is 0 Å². The van der Waals surface area contributed by atoms with Crippen molar-refractivity contribution in [3.05, 3.63) is 0 Å². The van der Waals surface area contributed by atoms with Gasteiger partial charge in [0.2, 0.25) is 0 Å². The number of alkyl halides is 3. The van der Waals surface area contributed by atoms with Crippen molar-refractivity contribution in [2.75, 3.05) is 0 Å². The fraction of sp³-hybridized carbons (Fsp3) is 1.00. The maximum atomic E-state index is 12.9. The van der Waals surface area contributed by atoms with Gasteiger partial charge in [-0.15, -0.1) is 0 Å². The zero-order valence-corrected chi connectivity index (χ0v) is 9.19. The highest BCUT2D eigenvalue weighted by Gasteiger charge is 2.50. The highest BCUT2D eigenvalue weighted by Crippen LogP contribution is 2.51. The monoisotopic (exact) mass is 220 g/mol. The summed E-state index contributed by atoms with van der Waals surface area (Å²) in [5.41, 5.74) is 0. The second kappa shape index (κ2) is 3.99. The third kappa shape index (κ3) is 2.16. The number of fused-ring (bicyclic) bond motifs is 1. The van der Waals surface area contributed by atoms with Gasteiger partial charge in [-0.1, -0.05) is 39.0 Å². The van der Waals surface area contributed by atoms with Gasteiger partial charge in [0.25, 0.3) is 0 Å². The Balaban J connectivity index is 2.16. The molecule has 2 saturated carbocycles. The molecule has 0 aromatic rings. The molecule has 2 rings (SSSR count). The summed E-state index contributed by atoms with van der Waals surface area (Å²) in [6.07, 6.45) is 1.37. The van der Waals surface area contributed by atoms with E-state index in [0.717, 1.165) is 32.1 Å². The summed E-state index contributed by atoms with van der Waals surface area (Å²) in [5, 5.41) is 0. The molecule has 0 spiro atoms. The van der Waals surface area contributed by atoms with E-state index in [0.29, 0.717) is 12.3 Å². The summed E-state index contributed by atoms with van der Waals surface area (Å²) >= 11 is 0. The lowest BCUT2D eigenvalue weighted by molar-refractivity contribution is -0.212. The van der Waals surface area contributed by atoms with Gasteiger partial charge in [0.15, 0.2) is 0 Å². The van der Waals surface area contributed by atoms with E-state index in [1.807, 2.05) is 6.92 Å². The number of halogens is 3. The van der Waals surface area contributed by atoms with E-state index in [-0.39, 0.29) is 11.8 Å². The van der Waals surface area contributed by atoms with Crippen LogP contribution >= 0.6 is 0 Å². The molecule has 0 radical (unpaired) electrons. The van der Waals surface area contributed by atoms with E-state index in [4.69, 9.17) is 0 Å². The first-order chi connectivity index (χ1) is 7.00. The Morgan fingerprint density at radius 1 is 0.933 bits per heavy atom. The molecule has 0 N–H and O–H groups in total. The molecular weight excluding hydrogens is 201 g/mol. The zero-order chi connectivity index (χ0) is 11.1. The van der Waals surface area contributed by atoms with Crippen LogP contribution in [-0.2, 0) is 0 Å². The average molecular weight is 220 g/mol. The maximum Gasteiger partial charge on any atom is 0.392 e. The maximum absolute atomic E-state index is 12.9. The second-order valence-electron chi connectivity index (χ2n) is 5.32. The van der Waals surface area contributed by atoms with Crippen molar-refractivity contribution in [2.45, 2.75) is 51.6 Å². The fourth-order valence-electron chi connectivity index (χ4n) is 3.79. The Morgan fingerprint density at radius 3 is 2.13 bits per heavy atom. The summed E-state index contributed by atoms with van der Waals surface area (Å²) in [5.74, 6) is -0.455. The lowest BCUT2D eigenvalue weighted by Crippen LogP contribution is -2.42. The van der Waals surface area contributed by atoms with E-state index in [1.54, 1.807) is 0 Å². The van der Waals surface area contributed by atoms with E-state index in [9.17, 15) is 13.2 Å². The smallest absolute Gasteiger partial charge is 0.171 e. The number of rotatable bonds is 0. The van der Waals surface area contributed by atoms with Crippen molar-refractivity contribution in [2.24, 2.45) is 23.7 Å². The van der Waals surface area contributed by atoms with Crippen molar-refractivity contribution < 1.29 is 13.2 Å². The Hall–Kier alpha value is -0.210. The minimum absolute atomic E-state index is 0.0764. The molecule has 0 aromatic carbocycles. The van der Waals surface area contributed by atoms with E-state index in [1.165, 1.54) is 0 Å². The number of hydrogen-bond acceptors (Lipinski definition) is 0. The third-order valence-electron chi connectivity index (χ3n) is 4.41. The van der Waals surface area contributed by atoms with Gasteiger partial charge in [-0.05, 0) is 24.2 Å². The minimum Gasteiger partial charge on any atom is -0.171 e. The first-order valence-corrected chi connectivity index (χ1v) is 6.07. The van der Waals surface area contributed by atoms with Crippen LogP contribution in [0.1, 0.15) is 45.4 Å². The Labute approximate surface area is 89.2 Å². The van der Waals surface area contributed by atoms with Crippen LogP contribution in [0.15, 0.2) is 0 Å². The van der Waals surface area contributed by atoms with Gasteiger partial charge in [-0.25, -0.2) is 0 Å². The van der Waals surface area contributed by atoms with Crippen LogP contribution in [0, 0.1) is 23.7 Å². The van der Waals surface area contributed by atoms with Crippen LogP contribution in [-0.4, -0.2) is 6.18 Å².